The number of carbonyl (C=O) groups is 2. The topological polar surface area (TPSA) is 58.6 Å². The van der Waals surface area contributed by atoms with E-state index >= 15 is 0 Å². The van der Waals surface area contributed by atoms with Crippen molar-refractivity contribution in [1.82, 2.24) is 10.2 Å². The molecule has 1 unspecified atom stereocenters. The van der Waals surface area contributed by atoms with Crippen LogP contribution in [0.1, 0.15) is 19.8 Å². The lowest BCUT2D eigenvalue weighted by molar-refractivity contribution is -0.144. The maximum atomic E-state index is 11.7. The minimum absolute atomic E-state index is 0.00134. The minimum atomic E-state index is -0.303. The zero-order valence-electron chi connectivity index (χ0n) is 9.28. The summed E-state index contributed by atoms with van der Waals surface area (Å²) in [6.07, 6.45) is 1.00. The Bertz CT molecular complexity index is 243. The van der Waals surface area contributed by atoms with Crippen LogP contribution in [0.5, 0.6) is 0 Å². The summed E-state index contributed by atoms with van der Waals surface area (Å²) in [6.45, 7) is 3.47. The van der Waals surface area contributed by atoms with E-state index in [1.54, 1.807) is 12.0 Å². The van der Waals surface area contributed by atoms with Gasteiger partial charge in [-0.1, -0.05) is 6.92 Å². The Kier molecular flexibility index (Phi) is 4.55. The average Bonchev–Trinajstić information content (AvgIpc) is 2.25. The van der Waals surface area contributed by atoms with E-state index in [2.05, 4.69) is 5.32 Å². The molecule has 1 heterocycles. The molecule has 1 aliphatic rings. The fourth-order valence-corrected chi connectivity index (χ4v) is 1.75. The number of hydrogen-bond acceptors (Lipinski definition) is 3. The van der Waals surface area contributed by atoms with Gasteiger partial charge in [0, 0.05) is 20.2 Å². The molecule has 86 valence electrons. The summed E-state index contributed by atoms with van der Waals surface area (Å²) in [7, 11) is 1.56. The standard InChI is InChI=1S/C10H18N2O3/c1-3-8-10(14)11-5-6-12(8)9(13)4-7-15-2/h8H,3-7H2,1-2H3,(H,11,14). The van der Waals surface area contributed by atoms with E-state index in [4.69, 9.17) is 4.74 Å². The van der Waals surface area contributed by atoms with Crippen LogP contribution in [0.2, 0.25) is 0 Å². The molecule has 0 aromatic rings. The van der Waals surface area contributed by atoms with Crippen molar-refractivity contribution in [3.8, 4) is 0 Å². The molecule has 1 fully saturated rings. The number of piperazine rings is 1. The molecule has 0 aliphatic carbocycles. The zero-order valence-corrected chi connectivity index (χ0v) is 9.28. The van der Waals surface area contributed by atoms with E-state index in [1.165, 1.54) is 0 Å². The van der Waals surface area contributed by atoms with Gasteiger partial charge < -0.3 is 15.0 Å². The molecule has 0 spiro atoms. The highest BCUT2D eigenvalue weighted by atomic mass is 16.5. The Morgan fingerprint density at radius 2 is 2.40 bits per heavy atom. The van der Waals surface area contributed by atoms with Crippen LogP contribution in [0, 0.1) is 0 Å². The maximum Gasteiger partial charge on any atom is 0.242 e. The number of methoxy groups -OCH3 is 1. The average molecular weight is 214 g/mol. The molecule has 1 aliphatic heterocycles. The van der Waals surface area contributed by atoms with E-state index < -0.39 is 0 Å². The predicted molar refractivity (Wildman–Crippen MR) is 55.3 cm³/mol. The van der Waals surface area contributed by atoms with Crippen LogP contribution in [0.4, 0.5) is 0 Å². The number of hydrogen-bond donors (Lipinski definition) is 1. The minimum Gasteiger partial charge on any atom is -0.384 e. The third-order valence-corrected chi connectivity index (χ3v) is 2.56. The SMILES string of the molecule is CCC1C(=O)NCCN1C(=O)CCOC. The molecule has 0 radical (unpaired) electrons. The number of rotatable bonds is 4. The van der Waals surface area contributed by atoms with Gasteiger partial charge in [-0.2, -0.15) is 0 Å². The van der Waals surface area contributed by atoms with Crippen molar-refractivity contribution in [1.29, 1.82) is 0 Å². The fourth-order valence-electron chi connectivity index (χ4n) is 1.75. The van der Waals surface area contributed by atoms with Gasteiger partial charge in [-0.05, 0) is 6.42 Å². The van der Waals surface area contributed by atoms with E-state index in [0.29, 0.717) is 32.5 Å². The molecule has 5 heteroatoms. The van der Waals surface area contributed by atoms with E-state index in [-0.39, 0.29) is 17.9 Å². The molecule has 5 nitrogen and oxygen atoms in total. The van der Waals surface area contributed by atoms with Crippen LogP contribution < -0.4 is 5.32 Å². The van der Waals surface area contributed by atoms with Gasteiger partial charge in [0.2, 0.25) is 11.8 Å². The van der Waals surface area contributed by atoms with Crippen LogP contribution in [0.3, 0.4) is 0 Å². The van der Waals surface area contributed by atoms with Gasteiger partial charge in [0.1, 0.15) is 6.04 Å². The van der Waals surface area contributed by atoms with E-state index in [9.17, 15) is 9.59 Å². The van der Waals surface area contributed by atoms with Crippen molar-refractivity contribution < 1.29 is 14.3 Å². The summed E-state index contributed by atoms with van der Waals surface area (Å²) >= 11 is 0. The van der Waals surface area contributed by atoms with Crippen molar-refractivity contribution >= 4 is 11.8 Å². The largest absolute Gasteiger partial charge is 0.384 e. The first-order chi connectivity index (χ1) is 7.20. The van der Waals surface area contributed by atoms with Gasteiger partial charge in [-0.3, -0.25) is 9.59 Å². The van der Waals surface area contributed by atoms with Crippen LogP contribution in [-0.4, -0.2) is 49.6 Å². The molecule has 1 N–H and O–H groups in total. The number of nitrogens with one attached hydrogen (secondary N) is 1. The van der Waals surface area contributed by atoms with Gasteiger partial charge in [0.25, 0.3) is 0 Å². The highest BCUT2D eigenvalue weighted by Gasteiger charge is 2.30. The molecule has 0 aromatic heterocycles. The highest BCUT2D eigenvalue weighted by molar-refractivity contribution is 5.88. The van der Waals surface area contributed by atoms with Crippen LogP contribution in [0.25, 0.3) is 0 Å². The lowest BCUT2D eigenvalue weighted by Gasteiger charge is -2.34. The first-order valence-corrected chi connectivity index (χ1v) is 5.26. The van der Waals surface area contributed by atoms with Gasteiger partial charge in [-0.15, -0.1) is 0 Å². The Morgan fingerprint density at radius 3 is 3.00 bits per heavy atom. The number of ether oxygens (including phenoxy) is 1. The van der Waals surface area contributed by atoms with Gasteiger partial charge in [0.15, 0.2) is 0 Å². The van der Waals surface area contributed by atoms with Gasteiger partial charge in [-0.25, -0.2) is 0 Å². The lowest BCUT2D eigenvalue weighted by Crippen LogP contribution is -2.57. The molecule has 0 aromatic carbocycles. The number of nitrogens with zero attached hydrogens (tertiary/aromatic N) is 1. The molecule has 1 atom stereocenters. The Labute approximate surface area is 89.8 Å². The van der Waals surface area contributed by atoms with Crippen molar-refractivity contribution in [2.24, 2.45) is 0 Å². The second kappa shape index (κ2) is 5.70. The number of amides is 2. The van der Waals surface area contributed by atoms with E-state index in [0.717, 1.165) is 0 Å². The summed E-state index contributed by atoms with van der Waals surface area (Å²) in [6, 6.07) is -0.303. The van der Waals surface area contributed by atoms with Crippen LogP contribution >= 0.6 is 0 Å². The monoisotopic (exact) mass is 214 g/mol. The molecule has 0 bridgehead atoms. The summed E-state index contributed by atoms with van der Waals surface area (Å²) < 4.78 is 4.85. The Balaban J connectivity index is 2.57. The second-order valence-electron chi connectivity index (χ2n) is 3.55. The predicted octanol–water partition coefficient (Wildman–Crippen LogP) is -0.240. The van der Waals surface area contributed by atoms with Crippen LogP contribution in [0.15, 0.2) is 0 Å². The molecule has 0 saturated carbocycles. The molecule has 2 amide bonds. The third kappa shape index (κ3) is 2.92. The summed E-state index contributed by atoms with van der Waals surface area (Å²) in [5, 5.41) is 2.76. The Morgan fingerprint density at radius 1 is 1.67 bits per heavy atom. The van der Waals surface area contributed by atoms with Crippen molar-refractivity contribution in [3.05, 3.63) is 0 Å². The van der Waals surface area contributed by atoms with Crippen LogP contribution in [-0.2, 0) is 14.3 Å². The lowest BCUT2D eigenvalue weighted by atomic mass is 10.1. The molecular formula is C10H18N2O3. The molecule has 1 rings (SSSR count). The maximum absolute atomic E-state index is 11.7. The normalized spacial score (nSPS) is 21.3. The first-order valence-electron chi connectivity index (χ1n) is 5.26. The molecule has 15 heavy (non-hydrogen) atoms. The quantitative estimate of drug-likeness (QED) is 0.702. The summed E-state index contributed by atoms with van der Waals surface area (Å²) in [5.74, 6) is -0.0481. The van der Waals surface area contributed by atoms with Crippen molar-refractivity contribution in [2.45, 2.75) is 25.8 Å². The fraction of sp³-hybridized carbons (Fsp3) is 0.800. The number of carbonyl (C=O) groups excluding carboxylic acids is 2. The summed E-state index contributed by atoms with van der Waals surface area (Å²) in [4.78, 5) is 24.9. The smallest absolute Gasteiger partial charge is 0.242 e. The molecular weight excluding hydrogens is 196 g/mol. The van der Waals surface area contributed by atoms with Crippen molar-refractivity contribution in [3.63, 3.8) is 0 Å². The highest BCUT2D eigenvalue weighted by Crippen LogP contribution is 2.09. The van der Waals surface area contributed by atoms with Gasteiger partial charge in [0.05, 0.1) is 13.0 Å². The van der Waals surface area contributed by atoms with Gasteiger partial charge >= 0.3 is 0 Å². The summed E-state index contributed by atoms with van der Waals surface area (Å²) in [5.41, 5.74) is 0. The Hall–Kier alpha value is -1.10. The third-order valence-electron chi connectivity index (χ3n) is 2.56. The van der Waals surface area contributed by atoms with Crippen molar-refractivity contribution in [2.75, 3.05) is 26.8 Å². The molecule has 1 saturated heterocycles. The van der Waals surface area contributed by atoms with E-state index in [1.807, 2.05) is 6.92 Å². The first kappa shape index (κ1) is 12.0. The zero-order chi connectivity index (χ0) is 11.3. The second-order valence-corrected chi connectivity index (χ2v) is 3.55.